The van der Waals surface area contributed by atoms with Gasteiger partial charge < -0.3 is 14.7 Å². The molecule has 1 unspecified atom stereocenters. The highest BCUT2D eigenvalue weighted by Gasteiger charge is 2.31. The number of aryl methyl sites for hydroxylation is 2. The average molecular weight is 437 g/mol. The van der Waals surface area contributed by atoms with Crippen molar-refractivity contribution in [1.82, 2.24) is 19.7 Å². The second-order valence-electron chi connectivity index (χ2n) is 9.09. The minimum Gasteiger partial charge on any atom is -0.346 e. The summed E-state index contributed by atoms with van der Waals surface area (Å²) in [5.74, 6) is 0. The molecule has 1 atom stereocenters. The van der Waals surface area contributed by atoms with Gasteiger partial charge >= 0.3 is 0 Å². The molecule has 2 aromatic heterocycles. The van der Waals surface area contributed by atoms with Crippen molar-refractivity contribution in [2.75, 3.05) is 45.8 Å². The Morgan fingerprint density at radius 3 is 2.39 bits per heavy atom. The number of carbonyl (C=O) groups is 1. The number of aldehydes is 1. The zero-order valence-electron chi connectivity index (χ0n) is 18.6. The number of nitrogens with one attached hydrogen (secondary N) is 1. The molecule has 5 nitrogen and oxygen atoms in total. The third-order valence-electron chi connectivity index (χ3n) is 6.89. The van der Waals surface area contributed by atoms with E-state index in [0.717, 1.165) is 58.5 Å². The minimum absolute atomic E-state index is 0.0119. The van der Waals surface area contributed by atoms with Crippen molar-refractivity contribution >= 4 is 27.8 Å². The van der Waals surface area contributed by atoms with Crippen LogP contribution in [0.5, 0.6) is 0 Å². The molecular weight excluding hydrogens is 404 g/mol. The summed E-state index contributed by atoms with van der Waals surface area (Å²) in [6, 6.07) is 9.08. The number of nitrogens with zero attached hydrogens (tertiary/aromatic N) is 3. The number of thiophene rings is 1. The Morgan fingerprint density at radius 1 is 1.03 bits per heavy atom. The van der Waals surface area contributed by atoms with Crippen LogP contribution in [-0.4, -0.2) is 77.9 Å². The fraction of sp³-hybridized carbons (Fsp3) is 0.480. The number of fused-ring (bicyclic) bond motifs is 1. The third kappa shape index (κ3) is 4.22. The quantitative estimate of drug-likeness (QED) is 0.571. The Kier molecular flexibility index (Phi) is 5.97. The van der Waals surface area contributed by atoms with E-state index in [4.69, 9.17) is 0 Å². The highest BCUT2D eigenvalue weighted by Crippen LogP contribution is 2.34. The third-order valence-corrected chi connectivity index (χ3v) is 7.72. The van der Waals surface area contributed by atoms with Gasteiger partial charge in [-0.2, -0.15) is 0 Å². The smallest absolute Gasteiger partial charge is 0.151 e. The Labute approximate surface area is 188 Å². The molecule has 0 saturated carbocycles. The number of hydrogen-bond acceptors (Lipinski definition) is 5. The lowest BCUT2D eigenvalue weighted by Gasteiger charge is -2.44. The van der Waals surface area contributed by atoms with Crippen LogP contribution in [0, 0.1) is 13.8 Å². The molecule has 2 fully saturated rings. The van der Waals surface area contributed by atoms with Crippen LogP contribution in [0.15, 0.2) is 29.6 Å². The first-order valence-corrected chi connectivity index (χ1v) is 12.3. The summed E-state index contributed by atoms with van der Waals surface area (Å²) in [6.07, 6.45) is 3.39. The van der Waals surface area contributed by atoms with Crippen LogP contribution in [-0.2, 0) is 11.2 Å². The Balaban J connectivity index is 1.28. The van der Waals surface area contributed by atoms with E-state index in [1.807, 2.05) is 0 Å². The number of H-pyrrole nitrogens is 1. The van der Waals surface area contributed by atoms with E-state index < -0.39 is 0 Å². The maximum atomic E-state index is 11.6. The van der Waals surface area contributed by atoms with Crippen molar-refractivity contribution in [3.8, 4) is 11.3 Å². The monoisotopic (exact) mass is 436 g/mol. The Bertz CT molecular complexity index is 1040. The molecule has 0 bridgehead atoms. The van der Waals surface area contributed by atoms with Gasteiger partial charge in [-0.3, -0.25) is 9.80 Å². The standard InChI is InChI=1S/C25H32N4OS/c1-18-14-19(2)16-20(15-18)24-21(22-5-13-31-25(22)26-24)4-8-27-9-11-29(12-10-27)23(17-30)28-6-3-7-28/h5,13-17,23,26H,3-4,6-12H2,1-2H3. The van der Waals surface area contributed by atoms with E-state index in [1.165, 1.54) is 44.6 Å². The van der Waals surface area contributed by atoms with Gasteiger partial charge in [-0.05, 0) is 61.4 Å². The van der Waals surface area contributed by atoms with Gasteiger partial charge in [-0.15, -0.1) is 11.3 Å². The highest BCUT2D eigenvalue weighted by molar-refractivity contribution is 7.16. The van der Waals surface area contributed by atoms with Crippen molar-refractivity contribution in [2.24, 2.45) is 0 Å². The van der Waals surface area contributed by atoms with Crippen LogP contribution in [0.3, 0.4) is 0 Å². The van der Waals surface area contributed by atoms with Crippen LogP contribution >= 0.6 is 11.3 Å². The summed E-state index contributed by atoms with van der Waals surface area (Å²) in [6.45, 7) is 11.6. The van der Waals surface area contributed by atoms with Crippen molar-refractivity contribution in [2.45, 2.75) is 32.9 Å². The molecule has 164 valence electrons. The Morgan fingerprint density at radius 2 is 1.74 bits per heavy atom. The van der Waals surface area contributed by atoms with E-state index in [-0.39, 0.29) is 6.17 Å². The fourth-order valence-electron chi connectivity index (χ4n) is 5.12. The van der Waals surface area contributed by atoms with Crippen LogP contribution in [0.1, 0.15) is 23.1 Å². The maximum Gasteiger partial charge on any atom is 0.151 e. The van der Waals surface area contributed by atoms with Gasteiger partial charge in [-0.25, -0.2) is 0 Å². The van der Waals surface area contributed by atoms with Gasteiger partial charge in [0.25, 0.3) is 0 Å². The molecule has 0 radical (unpaired) electrons. The average Bonchev–Trinajstić information content (AvgIpc) is 3.30. The summed E-state index contributed by atoms with van der Waals surface area (Å²) >= 11 is 1.79. The SMILES string of the molecule is Cc1cc(C)cc(-c2[nH]c3sccc3c2CCN2CCN(C(C=O)N3CCC3)CC2)c1. The minimum atomic E-state index is -0.0119. The predicted octanol–water partition coefficient (Wildman–Crippen LogP) is 3.90. The first-order chi connectivity index (χ1) is 15.1. The Hall–Kier alpha value is -1.99. The number of rotatable bonds is 7. The van der Waals surface area contributed by atoms with Crippen LogP contribution < -0.4 is 0 Å². The molecule has 5 rings (SSSR count). The number of aromatic amines is 1. The van der Waals surface area contributed by atoms with Crippen molar-refractivity contribution in [3.63, 3.8) is 0 Å². The molecule has 1 N–H and O–H groups in total. The maximum absolute atomic E-state index is 11.6. The number of likely N-dealkylation sites (tertiary alicyclic amines) is 1. The van der Waals surface area contributed by atoms with E-state index in [2.05, 4.69) is 63.2 Å². The highest BCUT2D eigenvalue weighted by atomic mass is 32.1. The molecule has 0 amide bonds. The second-order valence-corrected chi connectivity index (χ2v) is 10.0. The van der Waals surface area contributed by atoms with E-state index in [9.17, 15) is 4.79 Å². The van der Waals surface area contributed by atoms with Crippen molar-refractivity contribution in [3.05, 3.63) is 46.3 Å². The topological polar surface area (TPSA) is 42.6 Å². The summed E-state index contributed by atoms with van der Waals surface area (Å²) in [5, 5.41) is 3.56. The van der Waals surface area contributed by atoms with Gasteiger partial charge in [0.2, 0.25) is 0 Å². The number of piperazine rings is 1. The molecule has 1 aromatic carbocycles. The lowest BCUT2D eigenvalue weighted by atomic mass is 10.00. The first kappa shape index (κ1) is 20.9. The van der Waals surface area contributed by atoms with Gasteiger partial charge in [0, 0.05) is 51.2 Å². The number of aromatic nitrogens is 1. The summed E-state index contributed by atoms with van der Waals surface area (Å²) in [7, 11) is 0. The largest absolute Gasteiger partial charge is 0.346 e. The molecule has 2 saturated heterocycles. The molecular formula is C25H32N4OS. The van der Waals surface area contributed by atoms with Gasteiger partial charge in [0.05, 0.1) is 5.69 Å². The number of carbonyl (C=O) groups excluding carboxylic acids is 1. The normalized spacial score (nSPS) is 19.5. The zero-order chi connectivity index (χ0) is 21.4. The van der Waals surface area contributed by atoms with E-state index in [0.29, 0.717) is 0 Å². The van der Waals surface area contributed by atoms with Crippen LogP contribution in [0.2, 0.25) is 0 Å². The second kappa shape index (κ2) is 8.87. The molecule has 6 heteroatoms. The predicted molar refractivity (Wildman–Crippen MR) is 129 cm³/mol. The first-order valence-electron chi connectivity index (χ1n) is 11.4. The van der Waals surface area contributed by atoms with Gasteiger partial charge in [0.1, 0.15) is 11.0 Å². The number of hydrogen-bond donors (Lipinski definition) is 1. The van der Waals surface area contributed by atoms with E-state index >= 15 is 0 Å². The van der Waals surface area contributed by atoms with Crippen molar-refractivity contribution in [1.29, 1.82) is 0 Å². The van der Waals surface area contributed by atoms with Crippen LogP contribution in [0.25, 0.3) is 21.5 Å². The number of benzene rings is 1. The molecule has 31 heavy (non-hydrogen) atoms. The summed E-state index contributed by atoms with van der Waals surface area (Å²) in [5.41, 5.74) is 6.63. The van der Waals surface area contributed by atoms with Crippen LogP contribution in [0.4, 0.5) is 0 Å². The summed E-state index contributed by atoms with van der Waals surface area (Å²) < 4.78 is 0. The molecule has 2 aliphatic rings. The molecule has 2 aliphatic heterocycles. The van der Waals surface area contributed by atoms with E-state index in [1.54, 1.807) is 11.3 Å². The lowest BCUT2D eigenvalue weighted by molar-refractivity contribution is -0.123. The zero-order valence-corrected chi connectivity index (χ0v) is 19.4. The fourth-order valence-corrected chi connectivity index (χ4v) is 5.94. The lowest BCUT2D eigenvalue weighted by Crippen LogP contribution is -2.59. The summed E-state index contributed by atoms with van der Waals surface area (Å²) in [4.78, 5) is 23.8. The van der Waals surface area contributed by atoms with Gasteiger partial charge in [-0.1, -0.05) is 17.2 Å². The molecule has 3 aromatic rings. The molecule has 0 spiro atoms. The molecule has 0 aliphatic carbocycles. The molecule has 4 heterocycles. The van der Waals surface area contributed by atoms with Crippen molar-refractivity contribution < 1.29 is 4.79 Å². The van der Waals surface area contributed by atoms with Gasteiger partial charge in [0.15, 0.2) is 6.29 Å².